The molecule has 1 aromatic carbocycles. The van der Waals surface area contributed by atoms with E-state index < -0.39 is 6.03 Å². The predicted molar refractivity (Wildman–Crippen MR) is 90.0 cm³/mol. The Labute approximate surface area is 137 Å². The van der Waals surface area contributed by atoms with Crippen molar-refractivity contribution in [1.29, 1.82) is 0 Å². The quantitative estimate of drug-likeness (QED) is 0.815. The minimum Gasteiger partial charge on any atom is -0.352 e. The highest BCUT2D eigenvalue weighted by Crippen LogP contribution is 2.15. The molecule has 1 aliphatic rings. The molecule has 3 amide bonds. The van der Waals surface area contributed by atoms with Crippen LogP contribution in [0, 0.1) is 0 Å². The summed E-state index contributed by atoms with van der Waals surface area (Å²) in [6, 6.07) is 9.97. The number of rotatable bonds is 6. The molecule has 0 unspecified atom stereocenters. The Hall–Kier alpha value is -2.08. The Morgan fingerprint density at radius 2 is 2.09 bits per heavy atom. The van der Waals surface area contributed by atoms with Crippen molar-refractivity contribution in [1.82, 2.24) is 15.1 Å². The summed E-state index contributed by atoms with van der Waals surface area (Å²) in [5.74, 6) is -0.0984. The molecule has 0 bridgehead atoms. The number of urea groups is 1. The Bertz CT molecular complexity index is 521. The summed E-state index contributed by atoms with van der Waals surface area (Å²) in [6.45, 7) is 2.92. The van der Waals surface area contributed by atoms with Crippen molar-refractivity contribution in [2.24, 2.45) is 5.73 Å². The van der Waals surface area contributed by atoms with Crippen LogP contribution in [0.25, 0.3) is 0 Å². The number of nitrogens with zero attached hydrogens (tertiary/aromatic N) is 2. The Kier molecular flexibility index (Phi) is 6.40. The molecule has 0 radical (unpaired) electrons. The van der Waals surface area contributed by atoms with E-state index in [0.717, 1.165) is 38.9 Å². The van der Waals surface area contributed by atoms with Crippen LogP contribution < -0.4 is 11.1 Å². The number of likely N-dealkylation sites (N-methyl/N-ethyl adjacent to an activating group) is 1. The molecule has 0 aromatic heterocycles. The Balaban J connectivity index is 1.80. The van der Waals surface area contributed by atoms with E-state index in [-0.39, 0.29) is 18.5 Å². The molecule has 3 N–H and O–H groups in total. The van der Waals surface area contributed by atoms with Crippen molar-refractivity contribution in [3.63, 3.8) is 0 Å². The molecule has 1 fully saturated rings. The second-order valence-corrected chi connectivity index (χ2v) is 6.05. The monoisotopic (exact) mass is 318 g/mol. The first-order valence-corrected chi connectivity index (χ1v) is 8.11. The zero-order valence-corrected chi connectivity index (χ0v) is 13.7. The summed E-state index contributed by atoms with van der Waals surface area (Å²) in [6.07, 6.45) is 3.11. The molecule has 0 spiro atoms. The summed E-state index contributed by atoms with van der Waals surface area (Å²) < 4.78 is 0. The van der Waals surface area contributed by atoms with Gasteiger partial charge in [0.1, 0.15) is 0 Å². The van der Waals surface area contributed by atoms with E-state index in [4.69, 9.17) is 5.73 Å². The lowest BCUT2D eigenvalue weighted by atomic mass is 10.0. The van der Waals surface area contributed by atoms with Gasteiger partial charge in [-0.3, -0.25) is 4.79 Å². The standard InChI is InChI=1S/C17H26N4O2/c1-20(16(22)12-19-17(18)23)15-8-5-10-21(13-15)11-9-14-6-3-2-4-7-14/h2-4,6-7,15H,5,8-13H2,1H3,(H3,18,19,23)/t15-/m1/s1. The maximum atomic E-state index is 12.1. The van der Waals surface area contributed by atoms with Crippen molar-refractivity contribution in [2.45, 2.75) is 25.3 Å². The molecule has 1 saturated heterocycles. The van der Waals surface area contributed by atoms with Gasteiger partial charge in [0.2, 0.25) is 5.91 Å². The maximum absolute atomic E-state index is 12.1. The van der Waals surface area contributed by atoms with Gasteiger partial charge in [0, 0.05) is 26.2 Å². The molecular weight excluding hydrogens is 292 g/mol. The van der Waals surface area contributed by atoms with E-state index in [9.17, 15) is 9.59 Å². The molecule has 1 aromatic rings. The number of amides is 3. The van der Waals surface area contributed by atoms with Gasteiger partial charge in [-0.1, -0.05) is 30.3 Å². The highest BCUT2D eigenvalue weighted by molar-refractivity contribution is 5.83. The van der Waals surface area contributed by atoms with E-state index in [1.54, 1.807) is 11.9 Å². The number of carbonyl (C=O) groups is 2. The van der Waals surface area contributed by atoms with Crippen LogP contribution in [0.1, 0.15) is 18.4 Å². The third-order valence-corrected chi connectivity index (χ3v) is 4.40. The van der Waals surface area contributed by atoms with Crippen molar-refractivity contribution in [3.05, 3.63) is 35.9 Å². The van der Waals surface area contributed by atoms with Crippen molar-refractivity contribution < 1.29 is 9.59 Å². The SMILES string of the molecule is CN(C(=O)CNC(N)=O)[C@@H]1CCCN(CCc2ccccc2)C1. The topological polar surface area (TPSA) is 78.7 Å². The fourth-order valence-corrected chi connectivity index (χ4v) is 2.97. The first-order chi connectivity index (χ1) is 11.1. The minimum absolute atomic E-state index is 0.0354. The largest absolute Gasteiger partial charge is 0.352 e. The second kappa shape index (κ2) is 8.53. The highest BCUT2D eigenvalue weighted by atomic mass is 16.2. The van der Waals surface area contributed by atoms with Gasteiger partial charge in [-0.2, -0.15) is 0 Å². The summed E-state index contributed by atoms with van der Waals surface area (Å²) in [5.41, 5.74) is 6.34. The van der Waals surface area contributed by atoms with E-state index in [0.29, 0.717) is 0 Å². The van der Waals surface area contributed by atoms with Crippen molar-refractivity contribution in [3.8, 4) is 0 Å². The molecule has 1 heterocycles. The van der Waals surface area contributed by atoms with Gasteiger partial charge in [0.15, 0.2) is 0 Å². The summed E-state index contributed by atoms with van der Waals surface area (Å²) in [7, 11) is 1.80. The molecule has 126 valence electrons. The maximum Gasteiger partial charge on any atom is 0.312 e. The highest BCUT2D eigenvalue weighted by Gasteiger charge is 2.25. The average molecular weight is 318 g/mol. The van der Waals surface area contributed by atoms with Crippen LogP contribution in [0.3, 0.4) is 0 Å². The third kappa shape index (κ3) is 5.56. The number of hydrogen-bond acceptors (Lipinski definition) is 3. The predicted octanol–water partition coefficient (Wildman–Crippen LogP) is 0.820. The molecule has 23 heavy (non-hydrogen) atoms. The number of primary amides is 1. The van der Waals surface area contributed by atoms with E-state index in [2.05, 4.69) is 34.5 Å². The van der Waals surface area contributed by atoms with E-state index >= 15 is 0 Å². The Morgan fingerprint density at radius 3 is 2.78 bits per heavy atom. The zero-order chi connectivity index (χ0) is 16.7. The number of hydrogen-bond donors (Lipinski definition) is 2. The van der Waals surface area contributed by atoms with Gasteiger partial charge >= 0.3 is 6.03 Å². The normalized spacial score (nSPS) is 18.4. The number of carbonyl (C=O) groups excluding carboxylic acids is 2. The van der Waals surface area contributed by atoms with Crippen LogP contribution >= 0.6 is 0 Å². The van der Waals surface area contributed by atoms with Crippen LogP contribution in [0.5, 0.6) is 0 Å². The van der Waals surface area contributed by atoms with Gasteiger partial charge < -0.3 is 20.9 Å². The summed E-state index contributed by atoms with van der Waals surface area (Å²) >= 11 is 0. The van der Waals surface area contributed by atoms with E-state index in [1.807, 2.05) is 6.07 Å². The average Bonchev–Trinajstić information content (AvgIpc) is 2.58. The number of nitrogens with two attached hydrogens (primary N) is 1. The fourth-order valence-electron chi connectivity index (χ4n) is 2.97. The first kappa shape index (κ1) is 17.3. The number of benzene rings is 1. The molecule has 6 nitrogen and oxygen atoms in total. The molecule has 6 heteroatoms. The summed E-state index contributed by atoms with van der Waals surface area (Å²) in [5, 5.41) is 2.36. The lowest BCUT2D eigenvalue weighted by Crippen LogP contribution is -2.51. The van der Waals surface area contributed by atoms with Crippen LogP contribution in [0.4, 0.5) is 4.79 Å². The van der Waals surface area contributed by atoms with Gasteiger partial charge in [-0.15, -0.1) is 0 Å². The molecule has 2 rings (SSSR count). The minimum atomic E-state index is -0.667. The van der Waals surface area contributed by atoms with Crippen LogP contribution in [-0.4, -0.2) is 61.0 Å². The van der Waals surface area contributed by atoms with E-state index in [1.165, 1.54) is 5.56 Å². The van der Waals surface area contributed by atoms with Crippen molar-refractivity contribution in [2.75, 3.05) is 33.2 Å². The first-order valence-electron chi connectivity index (χ1n) is 8.11. The lowest BCUT2D eigenvalue weighted by Gasteiger charge is -2.37. The van der Waals surface area contributed by atoms with Gasteiger partial charge in [0.25, 0.3) is 0 Å². The van der Waals surface area contributed by atoms with Crippen molar-refractivity contribution >= 4 is 11.9 Å². The third-order valence-electron chi connectivity index (χ3n) is 4.40. The van der Waals surface area contributed by atoms with Gasteiger partial charge in [-0.25, -0.2) is 4.79 Å². The second-order valence-electron chi connectivity index (χ2n) is 6.05. The lowest BCUT2D eigenvalue weighted by molar-refractivity contribution is -0.131. The molecule has 1 aliphatic heterocycles. The number of piperidine rings is 1. The van der Waals surface area contributed by atoms with Crippen LogP contribution in [0.2, 0.25) is 0 Å². The van der Waals surface area contributed by atoms with Crippen LogP contribution in [-0.2, 0) is 11.2 Å². The molecule has 0 aliphatic carbocycles. The number of likely N-dealkylation sites (tertiary alicyclic amines) is 1. The smallest absolute Gasteiger partial charge is 0.312 e. The van der Waals surface area contributed by atoms with Gasteiger partial charge in [0.05, 0.1) is 6.54 Å². The van der Waals surface area contributed by atoms with Gasteiger partial charge in [-0.05, 0) is 31.4 Å². The Morgan fingerprint density at radius 1 is 1.35 bits per heavy atom. The van der Waals surface area contributed by atoms with Crippen LogP contribution in [0.15, 0.2) is 30.3 Å². The summed E-state index contributed by atoms with van der Waals surface area (Å²) in [4.78, 5) is 26.9. The molecule has 0 saturated carbocycles. The zero-order valence-electron chi connectivity index (χ0n) is 13.7. The molecule has 1 atom stereocenters. The molecular formula is C17H26N4O2. The number of nitrogens with one attached hydrogen (secondary N) is 1. The fraction of sp³-hybridized carbons (Fsp3) is 0.529.